The highest BCUT2D eigenvalue weighted by Crippen LogP contribution is 2.31. The Labute approximate surface area is 228 Å². The van der Waals surface area contributed by atoms with Gasteiger partial charge in [-0.25, -0.2) is 13.1 Å². The summed E-state index contributed by atoms with van der Waals surface area (Å²) in [5.41, 5.74) is 3.56. The number of aryl methyl sites for hydroxylation is 1. The number of para-hydroxylation sites is 1. The third kappa shape index (κ3) is 6.16. The fourth-order valence-electron chi connectivity index (χ4n) is 3.85. The van der Waals surface area contributed by atoms with Crippen LogP contribution in [0.3, 0.4) is 0 Å². The van der Waals surface area contributed by atoms with Gasteiger partial charge in [0.1, 0.15) is 22.4 Å². The summed E-state index contributed by atoms with van der Waals surface area (Å²) in [6.45, 7) is 6.90. The zero-order chi connectivity index (χ0) is 27.3. The molecule has 4 rings (SSSR count). The van der Waals surface area contributed by atoms with E-state index >= 15 is 0 Å². The summed E-state index contributed by atoms with van der Waals surface area (Å²) in [6.07, 6.45) is 4.05. The van der Waals surface area contributed by atoms with E-state index in [1.165, 1.54) is 30.3 Å². The number of allylic oxidation sites excluding steroid dienone is 1. The van der Waals surface area contributed by atoms with Crippen molar-refractivity contribution in [3.05, 3.63) is 100 Å². The van der Waals surface area contributed by atoms with Gasteiger partial charge in [0.15, 0.2) is 0 Å². The normalized spacial score (nSPS) is 11.9. The van der Waals surface area contributed by atoms with Crippen molar-refractivity contribution in [2.75, 3.05) is 6.61 Å². The van der Waals surface area contributed by atoms with Crippen LogP contribution in [0.5, 0.6) is 5.75 Å². The lowest BCUT2D eigenvalue weighted by molar-refractivity contribution is 0.288. The topological polar surface area (TPSA) is 85.0 Å². The van der Waals surface area contributed by atoms with Gasteiger partial charge in [-0.2, -0.15) is 10.4 Å². The Bertz CT molecular complexity index is 1600. The Hall–Kier alpha value is -3.86. The first-order chi connectivity index (χ1) is 18.2. The summed E-state index contributed by atoms with van der Waals surface area (Å²) in [7, 11) is -4.07. The van der Waals surface area contributed by atoms with Gasteiger partial charge < -0.3 is 4.74 Å². The Balaban J connectivity index is 1.79. The highest BCUT2D eigenvalue weighted by Gasteiger charge is 2.23. The number of benzene rings is 3. The molecular formula is C30H28ClN3O3S. The van der Waals surface area contributed by atoms with Crippen molar-refractivity contribution in [1.82, 2.24) is 9.78 Å². The molecule has 0 atom stereocenters. The molecule has 38 heavy (non-hydrogen) atoms. The minimum atomic E-state index is -4.07. The van der Waals surface area contributed by atoms with Crippen LogP contribution in [-0.2, 0) is 9.84 Å². The second kappa shape index (κ2) is 11.7. The van der Waals surface area contributed by atoms with E-state index in [0.717, 1.165) is 29.0 Å². The van der Waals surface area contributed by atoms with Crippen LogP contribution in [-0.4, -0.2) is 24.8 Å². The Morgan fingerprint density at radius 1 is 1.11 bits per heavy atom. The van der Waals surface area contributed by atoms with Crippen LogP contribution in [0.4, 0.5) is 0 Å². The van der Waals surface area contributed by atoms with Crippen LogP contribution in [0.25, 0.3) is 23.0 Å². The van der Waals surface area contributed by atoms with Crippen molar-refractivity contribution in [1.29, 1.82) is 5.26 Å². The van der Waals surface area contributed by atoms with E-state index in [1.54, 1.807) is 10.9 Å². The molecule has 1 aromatic heterocycles. The number of halogens is 1. The molecule has 0 saturated carbocycles. The van der Waals surface area contributed by atoms with Crippen LogP contribution < -0.4 is 4.74 Å². The SMILES string of the molecule is Cc1cc(-c2nn(-c3ccccc3)cc2/C=C(\C#N)S(=O)(=O)c2ccc(Cl)cc2)ccc1OCCC(C)C. The maximum Gasteiger partial charge on any atom is 0.216 e. The van der Waals surface area contributed by atoms with E-state index in [9.17, 15) is 13.7 Å². The molecule has 4 aromatic rings. The van der Waals surface area contributed by atoms with Gasteiger partial charge in [-0.15, -0.1) is 0 Å². The molecule has 0 amide bonds. The number of aromatic nitrogens is 2. The molecule has 8 heteroatoms. The largest absolute Gasteiger partial charge is 0.493 e. The molecule has 6 nitrogen and oxygen atoms in total. The molecule has 194 valence electrons. The summed E-state index contributed by atoms with van der Waals surface area (Å²) >= 11 is 5.93. The lowest BCUT2D eigenvalue weighted by Crippen LogP contribution is -2.03. The van der Waals surface area contributed by atoms with Gasteiger partial charge in [-0.3, -0.25) is 0 Å². The highest BCUT2D eigenvalue weighted by molar-refractivity contribution is 7.95. The van der Waals surface area contributed by atoms with Gasteiger partial charge in [0.25, 0.3) is 0 Å². The van der Waals surface area contributed by atoms with E-state index in [1.807, 2.05) is 61.5 Å². The maximum atomic E-state index is 13.3. The Kier molecular flexibility index (Phi) is 8.35. The fourth-order valence-corrected chi connectivity index (χ4v) is 5.12. The van der Waals surface area contributed by atoms with Crippen LogP contribution in [0.2, 0.25) is 5.02 Å². The second-order valence-electron chi connectivity index (χ2n) is 9.30. The van der Waals surface area contributed by atoms with Crippen molar-refractivity contribution >= 4 is 27.5 Å². The number of hydrogen-bond acceptors (Lipinski definition) is 5. The van der Waals surface area contributed by atoms with E-state index in [-0.39, 0.29) is 9.80 Å². The smallest absolute Gasteiger partial charge is 0.216 e. The van der Waals surface area contributed by atoms with Crippen molar-refractivity contribution < 1.29 is 13.2 Å². The monoisotopic (exact) mass is 545 g/mol. The quantitative estimate of drug-likeness (QED) is 0.206. The third-order valence-corrected chi connectivity index (χ3v) is 7.91. The van der Waals surface area contributed by atoms with E-state index < -0.39 is 9.84 Å². The first kappa shape index (κ1) is 27.2. The molecule has 0 radical (unpaired) electrons. The molecule has 3 aromatic carbocycles. The van der Waals surface area contributed by atoms with Crippen molar-refractivity contribution in [3.63, 3.8) is 0 Å². The molecular weight excluding hydrogens is 518 g/mol. The molecule has 0 unspecified atom stereocenters. The van der Waals surface area contributed by atoms with Gasteiger partial charge in [0, 0.05) is 22.3 Å². The molecule has 0 fully saturated rings. The first-order valence-corrected chi connectivity index (χ1v) is 14.1. The Morgan fingerprint density at radius 2 is 1.82 bits per heavy atom. The van der Waals surface area contributed by atoms with Gasteiger partial charge >= 0.3 is 0 Å². The summed E-state index contributed by atoms with van der Waals surface area (Å²) in [4.78, 5) is -0.399. The van der Waals surface area contributed by atoms with Crippen LogP contribution in [0.1, 0.15) is 31.4 Å². The average molecular weight is 546 g/mol. The van der Waals surface area contributed by atoms with Crippen molar-refractivity contribution in [2.24, 2.45) is 5.92 Å². The summed E-state index contributed by atoms with van der Waals surface area (Å²) in [5, 5.41) is 15.0. The molecule has 1 heterocycles. The van der Waals surface area contributed by atoms with Gasteiger partial charge in [0.2, 0.25) is 9.84 Å². The zero-order valence-corrected chi connectivity index (χ0v) is 23.0. The highest BCUT2D eigenvalue weighted by atomic mass is 35.5. The lowest BCUT2D eigenvalue weighted by Gasteiger charge is -2.11. The zero-order valence-electron chi connectivity index (χ0n) is 21.4. The van der Waals surface area contributed by atoms with Gasteiger partial charge in [-0.05, 0) is 85.5 Å². The number of hydrogen-bond donors (Lipinski definition) is 0. The van der Waals surface area contributed by atoms with E-state index in [0.29, 0.717) is 28.8 Å². The van der Waals surface area contributed by atoms with E-state index in [4.69, 9.17) is 21.4 Å². The number of rotatable bonds is 9. The second-order valence-corrected chi connectivity index (χ2v) is 11.7. The summed E-state index contributed by atoms with van der Waals surface area (Å²) in [5.74, 6) is 1.33. The fraction of sp³-hybridized carbons (Fsp3) is 0.200. The number of nitrogens with zero attached hydrogens (tertiary/aromatic N) is 3. The molecule has 0 aliphatic carbocycles. The third-order valence-electron chi connectivity index (χ3n) is 5.97. The molecule has 0 bridgehead atoms. The van der Waals surface area contributed by atoms with Crippen LogP contribution >= 0.6 is 11.6 Å². The maximum absolute atomic E-state index is 13.3. The molecule has 0 aliphatic heterocycles. The first-order valence-electron chi connectivity index (χ1n) is 12.2. The number of sulfone groups is 1. The van der Waals surface area contributed by atoms with E-state index in [2.05, 4.69) is 13.8 Å². The Morgan fingerprint density at radius 3 is 2.45 bits per heavy atom. The van der Waals surface area contributed by atoms with Gasteiger partial charge in [0.05, 0.1) is 17.2 Å². The molecule has 0 N–H and O–H groups in total. The van der Waals surface area contributed by atoms with Crippen LogP contribution in [0, 0.1) is 24.2 Å². The van der Waals surface area contributed by atoms with Crippen molar-refractivity contribution in [2.45, 2.75) is 32.1 Å². The molecule has 0 saturated heterocycles. The number of nitriles is 1. The minimum Gasteiger partial charge on any atom is -0.493 e. The lowest BCUT2D eigenvalue weighted by atomic mass is 10.0. The predicted octanol–water partition coefficient (Wildman–Crippen LogP) is 7.26. The number of ether oxygens (including phenoxy) is 1. The summed E-state index contributed by atoms with van der Waals surface area (Å²) in [6, 6.07) is 22.9. The predicted molar refractivity (Wildman–Crippen MR) is 151 cm³/mol. The standard InChI is InChI=1S/C30H28ClN3O3S/c1-21(2)15-16-37-29-14-9-23(17-22(29)3)30-24(20-34(33-30)26-7-5-4-6-8-26)18-28(19-32)38(35,36)27-12-10-25(31)11-13-27/h4-14,17-18,20-21H,15-16H2,1-3H3/b28-18+. The average Bonchev–Trinajstić information content (AvgIpc) is 3.32. The van der Waals surface area contributed by atoms with Crippen LogP contribution in [0.15, 0.2) is 88.8 Å². The summed E-state index contributed by atoms with van der Waals surface area (Å²) < 4.78 is 34.2. The molecule has 0 spiro atoms. The molecule has 0 aliphatic rings. The minimum absolute atomic E-state index is 0.00885. The van der Waals surface area contributed by atoms with Gasteiger partial charge in [-0.1, -0.05) is 43.6 Å². The van der Waals surface area contributed by atoms with Crippen molar-refractivity contribution in [3.8, 4) is 28.8 Å².